The summed E-state index contributed by atoms with van der Waals surface area (Å²) in [6, 6.07) is 4.09. The fourth-order valence-electron chi connectivity index (χ4n) is 4.89. The minimum absolute atomic E-state index is 0.0776. The van der Waals surface area contributed by atoms with Gasteiger partial charge in [-0.05, 0) is 55.4 Å². The van der Waals surface area contributed by atoms with Crippen molar-refractivity contribution in [2.24, 2.45) is 11.8 Å². The van der Waals surface area contributed by atoms with Crippen molar-refractivity contribution in [3.05, 3.63) is 28.8 Å². The molecule has 2 aliphatic rings. The lowest BCUT2D eigenvalue weighted by atomic mass is 9.82. The zero-order valence-electron chi connectivity index (χ0n) is 19.6. The Bertz CT molecular complexity index is 877. The molecular formula is C26H36O4. The standard InChI is InChI=1S/C26H36O4/c1-8-9-10-11-15(2)17(4)19-13-21(29-18(5)27)23-20-12-16(3)25(28)24(20)26(6,7)30-22(23)14-19/h13-17H,8-12H2,1-7H3. The highest BCUT2D eigenvalue weighted by atomic mass is 16.5. The zero-order valence-corrected chi connectivity index (χ0v) is 19.6. The number of esters is 1. The largest absolute Gasteiger partial charge is 0.482 e. The zero-order chi connectivity index (χ0) is 22.2. The third kappa shape index (κ3) is 4.19. The lowest BCUT2D eigenvalue weighted by Gasteiger charge is -2.35. The molecule has 3 atom stereocenters. The molecule has 1 heterocycles. The van der Waals surface area contributed by atoms with Crippen LogP contribution in [-0.4, -0.2) is 17.4 Å². The molecule has 3 rings (SSSR count). The van der Waals surface area contributed by atoms with Crippen LogP contribution < -0.4 is 9.47 Å². The monoisotopic (exact) mass is 412 g/mol. The summed E-state index contributed by atoms with van der Waals surface area (Å²) in [4.78, 5) is 24.7. The maximum Gasteiger partial charge on any atom is 0.308 e. The van der Waals surface area contributed by atoms with Crippen LogP contribution in [0.1, 0.15) is 97.6 Å². The van der Waals surface area contributed by atoms with Crippen LogP contribution in [-0.2, 0) is 9.59 Å². The van der Waals surface area contributed by atoms with Gasteiger partial charge in [-0.3, -0.25) is 9.59 Å². The molecule has 0 bridgehead atoms. The summed E-state index contributed by atoms with van der Waals surface area (Å²) in [5.74, 6) is 1.77. The predicted molar refractivity (Wildman–Crippen MR) is 120 cm³/mol. The van der Waals surface area contributed by atoms with Crippen LogP contribution in [0.5, 0.6) is 11.5 Å². The van der Waals surface area contributed by atoms with E-state index >= 15 is 0 Å². The smallest absolute Gasteiger partial charge is 0.308 e. The second-order valence-corrected chi connectivity index (χ2v) is 9.68. The molecule has 164 valence electrons. The first-order valence-electron chi connectivity index (χ1n) is 11.4. The second kappa shape index (κ2) is 8.56. The molecule has 3 unspecified atom stereocenters. The van der Waals surface area contributed by atoms with Crippen LogP contribution in [0.25, 0.3) is 5.57 Å². The molecule has 0 spiro atoms. The molecule has 0 saturated heterocycles. The van der Waals surface area contributed by atoms with Crippen molar-refractivity contribution in [3.63, 3.8) is 0 Å². The Morgan fingerprint density at radius 1 is 1.27 bits per heavy atom. The van der Waals surface area contributed by atoms with Crippen molar-refractivity contribution < 1.29 is 19.1 Å². The van der Waals surface area contributed by atoms with Crippen molar-refractivity contribution in [1.82, 2.24) is 0 Å². The third-order valence-electron chi connectivity index (χ3n) is 6.76. The number of unbranched alkanes of at least 4 members (excludes halogenated alkanes) is 2. The van der Waals surface area contributed by atoms with Crippen LogP contribution in [0.4, 0.5) is 0 Å². The van der Waals surface area contributed by atoms with Gasteiger partial charge < -0.3 is 9.47 Å². The molecule has 4 heteroatoms. The molecule has 0 radical (unpaired) electrons. The number of hydrogen-bond donors (Lipinski definition) is 0. The molecule has 1 aliphatic carbocycles. The molecule has 0 saturated carbocycles. The summed E-state index contributed by atoms with van der Waals surface area (Å²) in [5.41, 5.74) is 2.92. The lowest BCUT2D eigenvalue weighted by Crippen LogP contribution is -2.37. The van der Waals surface area contributed by atoms with Gasteiger partial charge in [0, 0.05) is 18.4 Å². The van der Waals surface area contributed by atoms with Crippen LogP contribution in [0, 0.1) is 11.8 Å². The van der Waals surface area contributed by atoms with Crippen LogP contribution in [0.15, 0.2) is 17.7 Å². The average molecular weight is 413 g/mol. The van der Waals surface area contributed by atoms with Gasteiger partial charge >= 0.3 is 5.97 Å². The van der Waals surface area contributed by atoms with Crippen molar-refractivity contribution in [1.29, 1.82) is 0 Å². The molecule has 30 heavy (non-hydrogen) atoms. The lowest BCUT2D eigenvalue weighted by molar-refractivity contribution is -0.131. The second-order valence-electron chi connectivity index (χ2n) is 9.68. The summed E-state index contributed by atoms with van der Waals surface area (Å²) in [6.07, 6.45) is 5.52. The van der Waals surface area contributed by atoms with E-state index in [1.54, 1.807) is 0 Å². The first-order chi connectivity index (χ1) is 14.1. The Labute approximate surface area is 181 Å². The SMILES string of the molecule is CCCCCC(C)C(C)c1cc(OC(C)=O)c2c(c1)OC(C)(C)C1=C2CC(C)C1=O. The number of benzene rings is 1. The maximum atomic E-state index is 12.8. The molecule has 0 amide bonds. The number of carbonyl (C=O) groups excluding carboxylic acids is 2. The first kappa shape index (κ1) is 22.6. The van der Waals surface area contributed by atoms with E-state index in [0.29, 0.717) is 24.0 Å². The summed E-state index contributed by atoms with van der Waals surface area (Å²) in [5, 5.41) is 0. The summed E-state index contributed by atoms with van der Waals surface area (Å²) < 4.78 is 12.0. The average Bonchev–Trinajstić information content (AvgIpc) is 2.95. The number of carbonyl (C=O) groups is 2. The highest BCUT2D eigenvalue weighted by Crippen LogP contribution is 2.52. The van der Waals surface area contributed by atoms with Gasteiger partial charge in [-0.25, -0.2) is 0 Å². The van der Waals surface area contributed by atoms with E-state index in [4.69, 9.17) is 9.47 Å². The van der Waals surface area contributed by atoms with Gasteiger partial charge in [0.05, 0.1) is 5.56 Å². The molecule has 0 fully saturated rings. The van der Waals surface area contributed by atoms with E-state index in [2.05, 4.69) is 26.8 Å². The number of ketones is 1. The molecular weight excluding hydrogens is 376 g/mol. The van der Waals surface area contributed by atoms with Gasteiger partial charge in [0.2, 0.25) is 0 Å². The molecule has 1 aliphatic heterocycles. The molecule has 1 aromatic rings. The summed E-state index contributed by atoms with van der Waals surface area (Å²) in [7, 11) is 0. The van der Waals surface area contributed by atoms with Gasteiger partial charge in [-0.15, -0.1) is 0 Å². The fraction of sp³-hybridized carbons (Fsp3) is 0.615. The van der Waals surface area contributed by atoms with Gasteiger partial charge in [0.25, 0.3) is 0 Å². The summed E-state index contributed by atoms with van der Waals surface area (Å²) >= 11 is 0. The van der Waals surface area contributed by atoms with E-state index in [-0.39, 0.29) is 17.7 Å². The number of allylic oxidation sites excluding steroid dienone is 1. The predicted octanol–water partition coefficient (Wildman–Crippen LogP) is 6.47. The van der Waals surface area contributed by atoms with E-state index in [1.807, 2.05) is 26.8 Å². The number of rotatable bonds is 7. The highest BCUT2D eigenvalue weighted by molar-refractivity contribution is 6.11. The molecule has 0 N–H and O–H groups in total. The Morgan fingerprint density at radius 3 is 2.60 bits per heavy atom. The fourth-order valence-corrected chi connectivity index (χ4v) is 4.89. The quantitative estimate of drug-likeness (QED) is 0.293. The Kier molecular flexibility index (Phi) is 6.45. The van der Waals surface area contributed by atoms with Crippen LogP contribution >= 0.6 is 0 Å². The van der Waals surface area contributed by atoms with E-state index in [1.165, 1.54) is 32.6 Å². The number of Topliss-reactive ketones (excluding diaryl/α,β-unsaturated/α-hetero) is 1. The summed E-state index contributed by atoms with van der Waals surface area (Å²) in [6.45, 7) is 14.0. The van der Waals surface area contributed by atoms with Gasteiger partial charge in [-0.1, -0.05) is 53.4 Å². The number of hydrogen-bond acceptors (Lipinski definition) is 4. The number of fused-ring (bicyclic) bond motifs is 2. The molecule has 4 nitrogen and oxygen atoms in total. The van der Waals surface area contributed by atoms with E-state index in [0.717, 1.165) is 28.0 Å². The maximum absolute atomic E-state index is 12.8. The minimum Gasteiger partial charge on any atom is -0.482 e. The van der Waals surface area contributed by atoms with Crippen molar-refractivity contribution in [3.8, 4) is 11.5 Å². The normalized spacial score (nSPS) is 21.6. The first-order valence-corrected chi connectivity index (χ1v) is 11.4. The minimum atomic E-state index is -0.688. The van der Waals surface area contributed by atoms with Crippen molar-refractivity contribution in [2.75, 3.05) is 0 Å². The van der Waals surface area contributed by atoms with E-state index in [9.17, 15) is 9.59 Å². The highest BCUT2D eigenvalue weighted by Gasteiger charge is 2.46. The van der Waals surface area contributed by atoms with Crippen molar-refractivity contribution >= 4 is 17.3 Å². The Hall–Kier alpha value is -2.10. The van der Waals surface area contributed by atoms with Gasteiger partial charge in [0.15, 0.2) is 5.78 Å². The Balaban J connectivity index is 2.07. The Morgan fingerprint density at radius 2 is 1.97 bits per heavy atom. The molecule has 0 aromatic heterocycles. The topological polar surface area (TPSA) is 52.6 Å². The third-order valence-corrected chi connectivity index (χ3v) is 6.76. The number of ether oxygens (including phenoxy) is 2. The van der Waals surface area contributed by atoms with Gasteiger partial charge in [-0.2, -0.15) is 0 Å². The van der Waals surface area contributed by atoms with Crippen LogP contribution in [0.2, 0.25) is 0 Å². The van der Waals surface area contributed by atoms with Crippen molar-refractivity contribution in [2.45, 2.75) is 92.1 Å². The van der Waals surface area contributed by atoms with Crippen LogP contribution in [0.3, 0.4) is 0 Å². The van der Waals surface area contributed by atoms with Gasteiger partial charge in [0.1, 0.15) is 17.1 Å². The van der Waals surface area contributed by atoms with E-state index < -0.39 is 5.60 Å². The molecule has 1 aromatic carbocycles.